The van der Waals surface area contributed by atoms with Crippen LogP contribution in [0.2, 0.25) is 0 Å². The summed E-state index contributed by atoms with van der Waals surface area (Å²) in [6, 6.07) is 0. The monoisotopic (exact) mass is 250 g/mol. The van der Waals surface area contributed by atoms with Crippen LogP contribution < -0.4 is 0 Å². The highest BCUT2D eigenvalue weighted by atomic mass is 16.2. The molecule has 1 amide bonds. The lowest BCUT2D eigenvalue weighted by Crippen LogP contribution is -2.33. The normalized spacial score (nSPS) is 15.8. The Labute approximate surface area is 108 Å². The SMILES string of the molecule is CCN(CC1CC1)C(=O)c1n[nH]c(C(C)(C)C)n1. The number of aromatic amines is 1. The van der Waals surface area contributed by atoms with Crippen LogP contribution >= 0.6 is 0 Å². The summed E-state index contributed by atoms with van der Waals surface area (Å²) in [6.45, 7) is 9.69. The van der Waals surface area contributed by atoms with Gasteiger partial charge >= 0.3 is 0 Å². The number of H-pyrrole nitrogens is 1. The molecule has 0 saturated heterocycles. The highest BCUT2D eigenvalue weighted by molar-refractivity contribution is 5.90. The molecular weight excluding hydrogens is 228 g/mol. The number of hydrogen-bond donors (Lipinski definition) is 1. The van der Waals surface area contributed by atoms with E-state index in [9.17, 15) is 4.79 Å². The van der Waals surface area contributed by atoms with E-state index in [-0.39, 0.29) is 11.3 Å². The lowest BCUT2D eigenvalue weighted by molar-refractivity contribution is 0.0745. The van der Waals surface area contributed by atoms with E-state index in [1.165, 1.54) is 12.8 Å². The molecule has 1 aliphatic carbocycles. The Bertz CT molecular complexity index is 428. The Kier molecular flexibility index (Phi) is 3.41. The third-order valence-electron chi connectivity index (χ3n) is 3.23. The average molecular weight is 250 g/mol. The maximum absolute atomic E-state index is 12.3. The first kappa shape index (κ1) is 13.1. The van der Waals surface area contributed by atoms with Crippen molar-refractivity contribution in [3.05, 3.63) is 11.6 Å². The number of nitrogens with zero attached hydrogens (tertiary/aromatic N) is 3. The zero-order valence-corrected chi connectivity index (χ0v) is 11.7. The van der Waals surface area contributed by atoms with Gasteiger partial charge in [-0.15, -0.1) is 5.10 Å². The van der Waals surface area contributed by atoms with Gasteiger partial charge in [-0.1, -0.05) is 20.8 Å². The number of amides is 1. The zero-order chi connectivity index (χ0) is 13.3. The molecule has 1 saturated carbocycles. The maximum atomic E-state index is 12.3. The zero-order valence-electron chi connectivity index (χ0n) is 11.7. The van der Waals surface area contributed by atoms with Gasteiger partial charge in [-0.25, -0.2) is 4.98 Å². The van der Waals surface area contributed by atoms with Crippen molar-refractivity contribution >= 4 is 5.91 Å². The summed E-state index contributed by atoms with van der Waals surface area (Å²) >= 11 is 0. The van der Waals surface area contributed by atoms with Crippen LogP contribution in [-0.4, -0.2) is 39.1 Å². The Morgan fingerprint density at radius 1 is 1.44 bits per heavy atom. The standard InChI is InChI=1S/C13H22N4O/c1-5-17(8-9-6-7-9)11(18)10-14-12(16-15-10)13(2,3)4/h9H,5-8H2,1-4H3,(H,14,15,16). The van der Waals surface area contributed by atoms with Gasteiger partial charge in [-0.05, 0) is 25.7 Å². The number of carbonyl (C=O) groups is 1. The highest BCUT2D eigenvalue weighted by Gasteiger charge is 2.29. The molecule has 1 N–H and O–H groups in total. The van der Waals surface area contributed by atoms with Gasteiger partial charge in [-0.2, -0.15) is 0 Å². The molecule has 0 atom stereocenters. The quantitative estimate of drug-likeness (QED) is 0.888. The van der Waals surface area contributed by atoms with E-state index >= 15 is 0 Å². The number of rotatable bonds is 4. The number of hydrogen-bond acceptors (Lipinski definition) is 3. The Morgan fingerprint density at radius 3 is 2.56 bits per heavy atom. The predicted octanol–water partition coefficient (Wildman–Crippen LogP) is 1.97. The smallest absolute Gasteiger partial charge is 0.293 e. The minimum Gasteiger partial charge on any atom is -0.336 e. The second-order valence-corrected chi connectivity index (χ2v) is 6.04. The van der Waals surface area contributed by atoms with E-state index in [1.807, 2.05) is 32.6 Å². The number of carbonyl (C=O) groups excluding carboxylic acids is 1. The van der Waals surface area contributed by atoms with E-state index in [1.54, 1.807) is 0 Å². The summed E-state index contributed by atoms with van der Waals surface area (Å²) < 4.78 is 0. The predicted molar refractivity (Wildman–Crippen MR) is 69.4 cm³/mol. The Morgan fingerprint density at radius 2 is 2.11 bits per heavy atom. The second kappa shape index (κ2) is 4.71. The van der Waals surface area contributed by atoms with E-state index in [0.717, 1.165) is 12.4 Å². The van der Waals surface area contributed by atoms with Gasteiger partial charge in [0.15, 0.2) is 0 Å². The molecule has 0 bridgehead atoms. The lowest BCUT2D eigenvalue weighted by atomic mass is 9.96. The molecule has 0 radical (unpaired) electrons. The van der Waals surface area contributed by atoms with Crippen LogP contribution in [0.4, 0.5) is 0 Å². The molecule has 18 heavy (non-hydrogen) atoms. The van der Waals surface area contributed by atoms with Crippen LogP contribution in [0.15, 0.2) is 0 Å². The van der Waals surface area contributed by atoms with Crippen molar-refractivity contribution in [1.82, 2.24) is 20.1 Å². The summed E-state index contributed by atoms with van der Waals surface area (Å²) in [5.74, 6) is 1.68. The van der Waals surface area contributed by atoms with E-state index < -0.39 is 0 Å². The van der Waals surface area contributed by atoms with Crippen molar-refractivity contribution in [3.8, 4) is 0 Å². The largest absolute Gasteiger partial charge is 0.336 e. The van der Waals surface area contributed by atoms with Crippen LogP contribution in [0.5, 0.6) is 0 Å². The van der Waals surface area contributed by atoms with Gasteiger partial charge in [0.2, 0.25) is 5.82 Å². The Balaban J connectivity index is 2.09. The molecule has 0 aliphatic heterocycles. The molecule has 1 heterocycles. The van der Waals surface area contributed by atoms with Crippen molar-refractivity contribution in [2.24, 2.45) is 5.92 Å². The summed E-state index contributed by atoms with van der Waals surface area (Å²) in [5.41, 5.74) is -0.112. The minimum absolute atomic E-state index is 0.0591. The molecule has 0 aromatic carbocycles. The van der Waals surface area contributed by atoms with Gasteiger partial charge in [0, 0.05) is 18.5 Å². The molecular formula is C13H22N4O. The summed E-state index contributed by atoms with van der Waals surface area (Å²) in [4.78, 5) is 18.4. The van der Waals surface area contributed by atoms with Crippen molar-refractivity contribution in [1.29, 1.82) is 0 Å². The summed E-state index contributed by atoms with van der Waals surface area (Å²) in [6.07, 6.45) is 2.48. The van der Waals surface area contributed by atoms with Crippen molar-refractivity contribution in [2.45, 2.75) is 46.0 Å². The van der Waals surface area contributed by atoms with Gasteiger partial charge in [0.05, 0.1) is 0 Å². The summed E-state index contributed by atoms with van der Waals surface area (Å²) in [7, 11) is 0. The highest BCUT2D eigenvalue weighted by Crippen LogP contribution is 2.30. The van der Waals surface area contributed by atoms with Crippen molar-refractivity contribution < 1.29 is 4.79 Å². The second-order valence-electron chi connectivity index (χ2n) is 6.04. The van der Waals surface area contributed by atoms with Crippen molar-refractivity contribution in [2.75, 3.05) is 13.1 Å². The summed E-state index contributed by atoms with van der Waals surface area (Å²) in [5, 5.41) is 6.92. The molecule has 0 spiro atoms. The lowest BCUT2D eigenvalue weighted by Gasteiger charge is -2.18. The van der Waals surface area contributed by atoms with Gasteiger partial charge in [-0.3, -0.25) is 9.89 Å². The molecule has 1 aliphatic rings. The third-order valence-corrected chi connectivity index (χ3v) is 3.23. The van der Waals surface area contributed by atoms with Gasteiger partial charge < -0.3 is 4.90 Å². The number of aromatic nitrogens is 3. The average Bonchev–Trinajstić information content (AvgIpc) is 2.95. The van der Waals surface area contributed by atoms with Crippen LogP contribution in [0.3, 0.4) is 0 Å². The van der Waals surface area contributed by atoms with Crippen LogP contribution in [0.25, 0.3) is 0 Å². The van der Waals surface area contributed by atoms with Gasteiger partial charge in [0.1, 0.15) is 5.82 Å². The van der Waals surface area contributed by atoms with Crippen LogP contribution in [0, 0.1) is 5.92 Å². The fraction of sp³-hybridized carbons (Fsp3) is 0.769. The maximum Gasteiger partial charge on any atom is 0.293 e. The van der Waals surface area contributed by atoms with Crippen LogP contribution in [-0.2, 0) is 5.41 Å². The fourth-order valence-electron chi connectivity index (χ4n) is 1.80. The number of nitrogens with one attached hydrogen (secondary N) is 1. The molecule has 1 aromatic rings. The topological polar surface area (TPSA) is 61.9 Å². The molecule has 100 valence electrons. The minimum atomic E-state index is -0.112. The molecule has 1 aromatic heterocycles. The molecule has 0 unspecified atom stereocenters. The van der Waals surface area contributed by atoms with Crippen LogP contribution in [0.1, 0.15) is 57.0 Å². The first-order valence-electron chi connectivity index (χ1n) is 6.64. The molecule has 5 heteroatoms. The van der Waals surface area contributed by atoms with E-state index in [0.29, 0.717) is 18.3 Å². The third kappa shape index (κ3) is 2.89. The van der Waals surface area contributed by atoms with E-state index in [4.69, 9.17) is 0 Å². The Hall–Kier alpha value is -1.39. The fourth-order valence-corrected chi connectivity index (χ4v) is 1.80. The first-order chi connectivity index (χ1) is 8.41. The first-order valence-corrected chi connectivity index (χ1v) is 6.64. The van der Waals surface area contributed by atoms with Gasteiger partial charge in [0.25, 0.3) is 5.91 Å². The molecule has 1 fully saturated rings. The molecule has 2 rings (SSSR count). The van der Waals surface area contributed by atoms with E-state index in [2.05, 4.69) is 15.2 Å². The van der Waals surface area contributed by atoms with Crippen molar-refractivity contribution in [3.63, 3.8) is 0 Å². The molecule has 5 nitrogen and oxygen atoms in total.